The van der Waals surface area contributed by atoms with E-state index in [0.29, 0.717) is 30.8 Å². The first-order chi connectivity index (χ1) is 12.7. The highest BCUT2D eigenvalue weighted by molar-refractivity contribution is 5.74. The van der Waals surface area contributed by atoms with E-state index in [4.69, 9.17) is 10.5 Å². The second-order valence-electron chi connectivity index (χ2n) is 6.54. The van der Waals surface area contributed by atoms with Crippen LogP contribution in [-0.2, 0) is 16.1 Å². The predicted octanol–water partition coefficient (Wildman–Crippen LogP) is 2.89. The van der Waals surface area contributed by atoms with Gasteiger partial charge in [-0.2, -0.15) is 5.26 Å². The summed E-state index contributed by atoms with van der Waals surface area (Å²) in [7, 11) is 0. The molecule has 0 amide bonds. The molecule has 1 aliphatic heterocycles. The van der Waals surface area contributed by atoms with Crippen LogP contribution in [-0.4, -0.2) is 24.0 Å². The molecule has 2 aromatic rings. The van der Waals surface area contributed by atoms with E-state index in [2.05, 4.69) is 16.0 Å². The van der Waals surface area contributed by atoms with E-state index in [1.165, 1.54) is 6.20 Å². The third-order valence-corrected chi connectivity index (χ3v) is 4.60. The van der Waals surface area contributed by atoms with E-state index in [1.54, 1.807) is 6.20 Å². The molecule has 1 saturated heterocycles. The summed E-state index contributed by atoms with van der Waals surface area (Å²) in [5.41, 5.74) is 8.71. The molecule has 1 atom stereocenters. The van der Waals surface area contributed by atoms with Crippen LogP contribution in [0.15, 0.2) is 42.7 Å². The monoisotopic (exact) mass is 350 g/mol. The zero-order chi connectivity index (χ0) is 18.4. The van der Waals surface area contributed by atoms with Gasteiger partial charge in [0, 0.05) is 19.3 Å². The van der Waals surface area contributed by atoms with Gasteiger partial charge < -0.3 is 15.4 Å². The van der Waals surface area contributed by atoms with Crippen molar-refractivity contribution >= 4 is 17.3 Å². The third-order valence-electron chi connectivity index (χ3n) is 4.60. The lowest BCUT2D eigenvalue weighted by Gasteiger charge is -2.35. The number of nitrogens with two attached hydrogens (primary N) is 1. The Hall–Kier alpha value is -3.07. The average Bonchev–Trinajstić information content (AvgIpc) is 2.67. The molecule has 2 N–H and O–H groups in total. The van der Waals surface area contributed by atoms with Crippen LogP contribution in [0.4, 0.5) is 11.4 Å². The molecule has 0 radical (unpaired) electrons. The SMILES string of the molecule is N#Cc1cncc(N)c1N1CCC[C@H](CC(=O)OCc2ccccc2)C1. The molecular weight excluding hydrogens is 328 g/mol. The van der Waals surface area contributed by atoms with E-state index in [-0.39, 0.29) is 11.9 Å². The Morgan fingerprint density at radius 2 is 2.15 bits per heavy atom. The lowest BCUT2D eigenvalue weighted by Crippen LogP contribution is -2.37. The summed E-state index contributed by atoms with van der Waals surface area (Å²) in [6.45, 7) is 1.80. The number of nitrogen functional groups attached to an aromatic ring is 1. The number of anilines is 2. The molecule has 0 bridgehead atoms. The molecule has 1 aliphatic rings. The normalized spacial score (nSPS) is 16.7. The lowest BCUT2D eigenvalue weighted by molar-refractivity contribution is -0.146. The number of piperidine rings is 1. The van der Waals surface area contributed by atoms with Crippen LogP contribution in [0, 0.1) is 17.2 Å². The number of hydrogen-bond donors (Lipinski definition) is 1. The van der Waals surface area contributed by atoms with E-state index >= 15 is 0 Å². The summed E-state index contributed by atoms with van der Waals surface area (Å²) in [6.07, 6.45) is 5.38. The van der Waals surface area contributed by atoms with Crippen molar-refractivity contribution in [1.82, 2.24) is 4.98 Å². The van der Waals surface area contributed by atoms with Crippen LogP contribution in [0.2, 0.25) is 0 Å². The Bertz CT molecular complexity index is 801. The number of benzene rings is 1. The fraction of sp³-hybridized carbons (Fsp3) is 0.350. The number of aromatic nitrogens is 1. The molecule has 0 saturated carbocycles. The Morgan fingerprint density at radius 3 is 2.92 bits per heavy atom. The van der Waals surface area contributed by atoms with Crippen LogP contribution in [0.5, 0.6) is 0 Å². The molecule has 2 heterocycles. The Balaban J connectivity index is 1.59. The minimum absolute atomic E-state index is 0.186. The molecule has 1 fully saturated rings. The molecule has 1 aromatic carbocycles. The second-order valence-corrected chi connectivity index (χ2v) is 6.54. The van der Waals surface area contributed by atoms with E-state index in [1.807, 2.05) is 30.3 Å². The molecule has 26 heavy (non-hydrogen) atoms. The van der Waals surface area contributed by atoms with E-state index < -0.39 is 0 Å². The number of rotatable bonds is 5. The summed E-state index contributed by atoms with van der Waals surface area (Å²) < 4.78 is 5.40. The zero-order valence-corrected chi connectivity index (χ0v) is 14.6. The van der Waals surface area contributed by atoms with Gasteiger partial charge in [0.25, 0.3) is 0 Å². The van der Waals surface area contributed by atoms with Crippen molar-refractivity contribution in [2.24, 2.45) is 5.92 Å². The molecule has 134 valence electrons. The molecule has 6 nitrogen and oxygen atoms in total. The number of pyridine rings is 1. The molecule has 0 unspecified atom stereocenters. The Morgan fingerprint density at radius 1 is 1.35 bits per heavy atom. The van der Waals surface area contributed by atoms with Crippen molar-refractivity contribution in [3.63, 3.8) is 0 Å². The number of nitrogens with zero attached hydrogens (tertiary/aromatic N) is 3. The van der Waals surface area contributed by atoms with Crippen molar-refractivity contribution in [1.29, 1.82) is 5.26 Å². The van der Waals surface area contributed by atoms with Crippen molar-refractivity contribution in [3.05, 3.63) is 53.9 Å². The lowest BCUT2D eigenvalue weighted by atomic mass is 9.94. The van der Waals surface area contributed by atoms with E-state index in [0.717, 1.165) is 30.6 Å². The second kappa shape index (κ2) is 8.34. The summed E-state index contributed by atoms with van der Waals surface area (Å²) >= 11 is 0. The molecular formula is C20H22N4O2. The topological polar surface area (TPSA) is 92.2 Å². The fourth-order valence-corrected chi connectivity index (χ4v) is 3.37. The Kier molecular flexibility index (Phi) is 5.69. The smallest absolute Gasteiger partial charge is 0.306 e. The van der Waals surface area contributed by atoms with Crippen molar-refractivity contribution in [2.45, 2.75) is 25.9 Å². The van der Waals surface area contributed by atoms with Gasteiger partial charge in [-0.05, 0) is 24.3 Å². The van der Waals surface area contributed by atoms with Gasteiger partial charge in [-0.3, -0.25) is 9.78 Å². The van der Waals surface area contributed by atoms with Crippen molar-refractivity contribution < 1.29 is 9.53 Å². The van der Waals surface area contributed by atoms with Crippen LogP contribution in [0.1, 0.15) is 30.4 Å². The maximum absolute atomic E-state index is 12.2. The highest BCUT2D eigenvalue weighted by Gasteiger charge is 2.25. The van der Waals surface area contributed by atoms with Crippen LogP contribution >= 0.6 is 0 Å². The summed E-state index contributed by atoms with van der Waals surface area (Å²) in [5, 5.41) is 9.32. The van der Waals surface area contributed by atoms with Gasteiger partial charge in [0.2, 0.25) is 0 Å². The fourth-order valence-electron chi connectivity index (χ4n) is 3.37. The minimum atomic E-state index is -0.191. The van der Waals surface area contributed by atoms with E-state index in [9.17, 15) is 10.1 Å². The van der Waals surface area contributed by atoms with Gasteiger partial charge >= 0.3 is 5.97 Å². The zero-order valence-electron chi connectivity index (χ0n) is 14.6. The Labute approximate surface area is 153 Å². The number of carbonyl (C=O) groups is 1. The van der Waals surface area contributed by atoms with Gasteiger partial charge in [-0.1, -0.05) is 30.3 Å². The van der Waals surface area contributed by atoms with Gasteiger partial charge in [0.15, 0.2) is 0 Å². The molecule has 0 aliphatic carbocycles. The number of nitriles is 1. The predicted molar refractivity (Wildman–Crippen MR) is 99.2 cm³/mol. The molecule has 0 spiro atoms. The largest absolute Gasteiger partial charge is 0.461 e. The number of esters is 1. The maximum Gasteiger partial charge on any atom is 0.306 e. The summed E-state index contributed by atoms with van der Waals surface area (Å²) in [5.74, 6) is -0.00459. The number of ether oxygens (including phenoxy) is 1. The standard InChI is InChI=1S/C20H22N4O2/c21-10-17-11-23-12-18(22)20(17)24-8-4-7-16(13-24)9-19(25)26-14-15-5-2-1-3-6-15/h1-3,5-6,11-12,16H,4,7-9,13-14,22H2/t16-/m1/s1. The minimum Gasteiger partial charge on any atom is -0.461 e. The van der Waals surface area contributed by atoms with Gasteiger partial charge in [0.1, 0.15) is 12.7 Å². The maximum atomic E-state index is 12.2. The first kappa shape index (κ1) is 17.7. The molecule has 1 aromatic heterocycles. The van der Waals surface area contributed by atoms with Crippen molar-refractivity contribution in [3.8, 4) is 6.07 Å². The van der Waals surface area contributed by atoms with Crippen molar-refractivity contribution in [2.75, 3.05) is 23.7 Å². The van der Waals surface area contributed by atoms with Crippen LogP contribution in [0.3, 0.4) is 0 Å². The van der Waals surface area contributed by atoms with Gasteiger partial charge in [-0.25, -0.2) is 0 Å². The number of hydrogen-bond acceptors (Lipinski definition) is 6. The molecule has 6 heteroatoms. The summed E-state index contributed by atoms with van der Waals surface area (Å²) in [6, 6.07) is 11.8. The van der Waals surface area contributed by atoms with Crippen LogP contribution in [0.25, 0.3) is 0 Å². The highest BCUT2D eigenvalue weighted by Crippen LogP contribution is 2.31. The first-order valence-electron chi connectivity index (χ1n) is 8.75. The summed E-state index contributed by atoms with van der Waals surface area (Å²) in [4.78, 5) is 18.3. The molecule has 3 rings (SSSR count). The quantitative estimate of drug-likeness (QED) is 0.834. The first-order valence-corrected chi connectivity index (χ1v) is 8.75. The van der Waals surface area contributed by atoms with Gasteiger partial charge in [-0.15, -0.1) is 0 Å². The number of carbonyl (C=O) groups excluding carboxylic acids is 1. The van der Waals surface area contributed by atoms with Gasteiger partial charge in [0.05, 0.1) is 29.6 Å². The van der Waals surface area contributed by atoms with Crippen LogP contribution < -0.4 is 10.6 Å². The highest BCUT2D eigenvalue weighted by atomic mass is 16.5. The third kappa shape index (κ3) is 4.31. The average molecular weight is 350 g/mol.